The summed E-state index contributed by atoms with van der Waals surface area (Å²) in [5.74, 6) is -2.86. The van der Waals surface area contributed by atoms with Crippen molar-refractivity contribution in [1.29, 1.82) is 0 Å². The maximum Gasteiger partial charge on any atom is 0.338 e. The minimum atomic E-state index is -0.779. The summed E-state index contributed by atoms with van der Waals surface area (Å²) in [7, 11) is 0. The Balaban J connectivity index is 1.18. The molecule has 0 radical (unpaired) electrons. The van der Waals surface area contributed by atoms with Crippen molar-refractivity contribution in [3.8, 4) is 0 Å². The summed E-state index contributed by atoms with van der Waals surface area (Å²) in [4.78, 5) is 72.5. The van der Waals surface area contributed by atoms with Gasteiger partial charge in [0.05, 0.1) is 24.2 Å². The third-order valence-electron chi connectivity index (χ3n) is 8.61. The third-order valence-corrected chi connectivity index (χ3v) is 8.61. The maximum atomic E-state index is 13.5. The van der Waals surface area contributed by atoms with Crippen LogP contribution in [0.4, 0.5) is 0 Å². The Labute approximate surface area is 225 Å². The number of nitrogens with zero attached hydrogens (tertiary/aromatic N) is 5. The molecule has 6 rings (SSSR count). The van der Waals surface area contributed by atoms with Crippen molar-refractivity contribution in [2.75, 3.05) is 26.2 Å². The molecule has 4 fully saturated rings. The zero-order valence-corrected chi connectivity index (χ0v) is 22.0. The van der Waals surface area contributed by atoms with Crippen molar-refractivity contribution in [2.45, 2.75) is 39.7 Å². The average molecular weight is 534 g/mol. The summed E-state index contributed by atoms with van der Waals surface area (Å²) < 4.78 is 1.69. The van der Waals surface area contributed by atoms with Crippen LogP contribution in [0.25, 0.3) is 0 Å². The molecule has 1 spiro atoms. The van der Waals surface area contributed by atoms with Gasteiger partial charge in [-0.25, -0.2) is 4.79 Å². The number of aromatic nitrogens is 2. The van der Waals surface area contributed by atoms with Crippen LogP contribution in [0.15, 0.2) is 42.7 Å². The monoisotopic (exact) mass is 533 g/mol. The van der Waals surface area contributed by atoms with Gasteiger partial charge in [0.15, 0.2) is 0 Å². The van der Waals surface area contributed by atoms with Gasteiger partial charge in [0.1, 0.15) is 0 Å². The first-order chi connectivity index (χ1) is 18.6. The van der Waals surface area contributed by atoms with E-state index in [0.717, 1.165) is 12.0 Å². The quantitative estimate of drug-likeness (QED) is 0.516. The van der Waals surface area contributed by atoms with E-state index in [1.165, 1.54) is 6.20 Å². The first-order valence-corrected chi connectivity index (χ1v) is 13.3. The standard InChI is InChI=1S/C28H31N5O6/c1-27(2)10-20(27)25(37)31-16-28(17-31)15-30(14-21(28)26(38)39-33-22(34)8-9-23(33)35)24(36)19-11-29-32(13-19)12-18-6-4-3-5-7-18/h3-7,11,13,20-21H,8-10,12,14-17H2,1-2H3/t20-,21?/m1/s1. The number of rotatable bonds is 6. The first-order valence-electron chi connectivity index (χ1n) is 13.3. The summed E-state index contributed by atoms with van der Waals surface area (Å²) in [5.41, 5.74) is 0.720. The fourth-order valence-corrected chi connectivity index (χ4v) is 6.07. The van der Waals surface area contributed by atoms with Crippen molar-refractivity contribution < 1.29 is 28.8 Å². The summed E-state index contributed by atoms with van der Waals surface area (Å²) >= 11 is 0. The number of likely N-dealkylation sites (tertiary alicyclic amines) is 2. The van der Waals surface area contributed by atoms with Crippen LogP contribution in [0.1, 0.15) is 49.0 Å². The van der Waals surface area contributed by atoms with E-state index in [1.807, 2.05) is 30.3 Å². The zero-order valence-electron chi connectivity index (χ0n) is 22.0. The van der Waals surface area contributed by atoms with Crippen LogP contribution in [0.3, 0.4) is 0 Å². The molecule has 11 heteroatoms. The number of hydrogen-bond acceptors (Lipinski definition) is 7. The number of carbonyl (C=O) groups is 5. The molecule has 1 unspecified atom stereocenters. The van der Waals surface area contributed by atoms with E-state index in [0.29, 0.717) is 30.3 Å². The van der Waals surface area contributed by atoms with E-state index in [4.69, 9.17) is 4.84 Å². The highest BCUT2D eigenvalue weighted by Gasteiger charge is 2.62. The van der Waals surface area contributed by atoms with Gasteiger partial charge >= 0.3 is 5.97 Å². The summed E-state index contributed by atoms with van der Waals surface area (Å²) in [5, 5.41) is 4.88. The van der Waals surface area contributed by atoms with Crippen molar-refractivity contribution in [2.24, 2.45) is 22.7 Å². The minimum Gasteiger partial charge on any atom is -0.341 e. The smallest absolute Gasteiger partial charge is 0.338 e. The lowest BCUT2D eigenvalue weighted by Gasteiger charge is -2.50. The van der Waals surface area contributed by atoms with Crippen molar-refractivity contribution >= 4 is 29.6 Å². The molecule has 204 valence electrons. The van der Waals surface area contributed by atoms with Crippen LogP contribution in [0.5, 0.6) is 0 Å². The van der Waals surface area contributed by atoms with Crippen molar-refractivity contribution in [3.63, 3.8) is 0 Å². The topological polar surface area (TPSA) is 122 Å². The highest BCUT2D eigenvalue weighted by Crippen LogP contribution is 2.54. The van der Waals surface area contributed by atoms with Gasteiger partial charge in [-0.05, 0) is 17.4 Å². The molecule has 11 nitrogen and oxygen atoms in total. The lowest BCUT2D eigenvalue weighted by molar-refractivity contribution is -0.205. The van der Waals surface area contributed by atoms with Crippen molar-refractivity contribution in [1.82, 2.24) is 24.6 Å². The summed E-state index contributed by atoms with van der Waals surface area (Å²) in [6, 6.07) is 9.77. The van der Waals surface area contributed by atoms with E-state index in [9.17, 15) is 24.0 Å². The van der Waals surface area contributed by atoms with Crippen LogP contribution < -0.4 is 0 Å². The second kappa shape index (κ2) is 9.03. The molecule has 3 saturated heterocycles. The number of amides is 4. The predicted octanol–water partition coefficient (Wildman–Crippen LogP) is 1.49. The Bertz CT molecular complexity index is 1350. The number of hydrogen-bond donors (Lipinski definition) is 0. The number of hydroxylamine groups is 2. The van der Waals surface area contributed by atoms with Gasteiger partial charge in [0.2, 0.25) is 5.91 Å². The van der Waals surface area contributed by atoms with Gasteiger partial charge in [0, 0.05) is 56.6 Å². The SMILES string of the molecule is CC1(C)C[C@@H]1C(=O)N1CC2(CN(C(=O)c3cnn(Cc4ccccc4)c3)CC2C(=O)ON2C(=O)CCC2=O)C1. The Morgan fingerprint density at radius 2 is 1.62 bits per heavy atom. The number of imide groups is 1. The van der Waals surface area contributed by atoms with Gasteiger partial charge < -0.3 is 14.6 Å². The number of benzene rings is 1. The van der Waals surface area contributed by atoms with Crippen molar-refractivity contribution in [3.05, 3.63) is 53.9 Å². The first kappa shape index (κ1) is 25.3. The molecule has 2 aromatic rings. The maximum absolute atomic E-state index is 13.5. The second-order valence-electron chi connectivity index (χ2n) is 11.9. The molecule has 39 heavy (non-hydrogen) atoms. The lowest BCUT2D eigenvalue weighted by atomic mass is 9.71. The normalized spacial score (nSPS) is 24.7. The fourth-order valence-electron chi connectivity index (χ4n) is 6.07. The van der Waals surface area contributed by atoms with Gasteiger partial charge in [-0.15, -0.1) is 5.06 Å². The van der Waals surface area contributed by atoms with E-state index in [2.05, 4.69) is 18.9 Å². The average Bonchev–Trinajstić information content (AvgIpc) is 3.26. The van der Waals surface area contributed by atoms with Crippen LogP contribution in [0, 0.1) is 22.7 Å². The van der Waals surface area contributed by atoms with Crippen LogP contribution in [-0.2, 0) is 30.6 Å². The number of carbonyl (C=O) groups excluding carboxylic acids is 5. The third kappa shape index (κ3) is 4.49. The molecule has 4 amide bonds. The van der Waals surface area contributed by atoms with E-state index < -0.39 is 29.1 Å². The van der Waals surface area contributed by atoms with Crippen LogP contribution >= 0.6 is 0 Å². The molecule has 1 saturated carbocycles. The van der Waals surface area contributed by atoms with Gasteiger partial charge in [-0.2, -0.15) is 5.10 Å². The zero-order chi connectivity index (χ0) is 27.5. The summed E-state index contributed by atoms with van der Waals surface area (Å²) in [6.07, 6.45) is 4.02. The molecule has 0 N–H and O–H groups in total. The molecule has 0 bridgehead atoms. The van der Waals surface area contributed by atoms with Gasteiger partial charge in [-0.1, -0.05) is 44.2 Å². The van der Waals surface area contributed by atoms with Crippen LogP contribution in [0.2, 0.25) is 0 Å². The molecule has 1 aliphatic carbocycles. The fraction of sp³-hybridized carbons (Fsp3) is 0.500. The minimum absolute atomic E-state index is 0.00103. The molecule has 1 aromatic heterocycles. The summed E-state index contributed by atoms with van der Waals surface area (Å²) in [6.45, 7) is 5.59. The molecule has 4 heterocycles. The molecule has 3 aliphatic heterocycles. The Morgan fingerprint density at radius 3 is 2.26 bits per heavy atom. The largest absolute Gasteiger partial charge is 0.341 e. The van der Waals surface area contributed by atoms with Gasteiger partial charge in [0.25, 0.3) is 17.7 Å². The highest BCUT2D eigenvalue weighted by atomic mass is 16.7. The predicted molar refractivity (Wildman–Crippen MR) is 135 cm³/mol. The molecule has 4 aliphatic rings. The molecule has 1 aromatic carbocycles. The molecule has 2 atom stereocenters. The van der Waals surface area contributed by atoms with E-state index in [1.54, 1.807) is 20.7 Å². The van der Waals surface area contributed by atoms with Gasteiger partial charge in [-0.3, -0.25) is 23.9 Å². The van der Waals surface area contributed by atoms with Crippen LogP contribution in [-0.4, -0.2) is 80.4 Å². The second-order valence-corrected chi connectivity index (χ2v) is 11.9. The molecular formula is C28H31N5O6. The Hall–Kier alpha value is -4.02. The Morgan fingerprint density at radius 1 is 0.974 bits per heavy atom. The Kier molecular flexibility index (Phi) is 5.85. The lowest BCUT2D eigenvalue weighted by Crippen LogP contribution is -2.64. The molecular weight excluding hydrogens is 502 g/mol. The van der Waals surface area contributed by atoms with E-state index >= 15 is 0 Å². The van der Waals surface area contributed by atoms with E-state index in [-0.39, 0.29) is 49.1 Å². The highest BCUT2D eigenvalue weighted by molar-refractivity contribution is 6.02.